The van der Waals surface area contributed by atoms with Crippen molar-refractivity contribution in [1.29, 1.82) is 0 Å². The third-order valence-electron chi connectivity index (χ3n) is 3.74. The molecule has 12 heavy (non-hydrogen) atoms. The Labute approximate surface area is 75.9 Å². The van der Waals surface area contributed by atoms with Crippen molar-refractivity contribution in [2.24, 2.45) is 11.8 Å². The second-order valence-electron chi connectivity index (χ2n) is 4.69. The lowest BCUT2D eigenvalue weighted by Gasteiger charge is -2.17. The third-order valence-corrected chi connectivity index (χ3v) is 3.74. The molecule has 1 nitrogen and oxygen atoms in total. The number of nitrogens with one attached hydrogen (secondary N) is 1. The first kappa shape index (κ1) is 8.55. The predicted molar refractivity (Wildman–Crippen MR) is 52.1 cm³/mol. The van der Waals surface area contributed by atoms with Crippen molar-refractivity contribution in [3.05, 3.63) is 0 Å². The monoisotopic (exact) mass is 167 g/mol. The van der Waals surface area contributed by atoms with Crippen LogP contribution in [0.3, 0.4) is 0 Å². The van der Waals surface area contributed by atoms with E-state index in [-0.39, 0.29) is 0 Å². The summed E-state index contributed by atoms with van der Waals surface area (Å²) >= 11 is 0. The quantitative estimate of drug-likeness (QED) is 0.681. The minimum atomic E-state index is 0.853. The Morgan fingerprint density at radius 1 is 1.25 bits per heavy atom. The molecule has 70 valence electrons. The van der Waals surface area contributed by atoms with Gasteiger partial charge in [-0.25, -0.2) is 0 Å². The molecule has 1 N–H and O–H groups in total. The van der Waals surface area contributed by atoms with Gasteiger partial charge in [-0.1, -0.05) is 26.7 Å². The molecule has 0 aliphatic heterocycles. The molecule has 2 rings (SSSR count). The zero-order valence-electron chi connectivity index (χ0n) is 8.34. The van der Waals surface area contributed by atoms with Gasteiger partial charge in [0.2, 0.25) is 0 Å². The van der Waals surface area contributed by atoms with Crippen molar-refractivity contribution >= 4 is 0 Å². The Balaban J connectivity index is 1.73. The first-order chi connectivity index (χ1) is 5.81. The fraction of sp³-hybridized carbons (Fsp3) is 1.00. The highest BCUT2D eigenvalue weighted by molar-refractivity contribution is 4.96. The molecule has 0 radical (unpaired) electrons. The average molecular weight is 167 g/mol. The Kier molecular flexibility index (Phi) is 2.40. The van der Waals surface area contributed by atoms with Gasteiger partial charge >= 0.3 is 0 Å². The van der Waals surface area contributed by atoms with Gasteiger partial charge in [0, 0.05) is 12.1 Å². The fourth-order valence-corrected chi connectivity index (χ4v) is 2.57. The van der Waals surface area contributed by atoms with Crippen molar-refractivity contribution in [3.63, 3.8) is 0 Å². The van der Waals surface area contributed by atoms with E-state index in [1.807, 2.05) is 0 Å². The van der Waals surface area contributed by atoms with Gasteiger partial charge in [-0.2, -0.15) is 0 Å². The lowest BCUT2D eigenvalue weighted by molar-refractivity contribution is 0.414. The van der Waals surface area contributed by atoms with Crippen LogP contribution in [0.1, 0.15) is 46.0 Å². The molecule has 0 bridgehead atoms. The molecule has 2 saturated carbocycles. The molecular weight excluding hydrogens is 146 g/mol. The highest BCUT2D eigenvalue weighted by Crippen LogP contribution is 2.36. The molecule has 2 aliphatic carbocycles. The molecule has 0 aromatic rings. The van der Waals surface area contributed by atoms with Crippen LogP contribution in [0.5, 0.6) is 0 Å². The van der Waals surface area contributed by atoms with Gasteiger partial charge in [0.25, 0.3) is 0 Å². The number of hydrogen-bond acceptors (Lipinski definition) is 1. The van der Waals surface area contributed by atoms with Crippen LogP contribution in [-0.4, -0.2) is 12.1 Å². The highest BCUT2D eigenvalue weighted by atomic mass is 15.0. The summed E-state index contributed by atoms with van der Waals surface area (Å²) in [5.74, 6) is 1.95. The van der Waals surface area contributed by atoms with Crippen LogP contribution < -0.4 is 5.32 Å². The smallest absolute Gasteiger partial charge is 0.0102 e. The van der Waals surface area contributed by atoms with Crippen molar-refractivity contribution in [3.8, 4) is 0 Å². The standard InChI is InChI=1S/C11H21N/c1-3-9-7-11(9)12-10-6-4-5-8(10)2/h8-12H,3-7H2,1-2H3. The van der Waals surface area contributed by atoms with Crippen LogP contribution in [0.15, 0.2) is 0 Å². The Hall–Kier alpha value is -0.0400. The lowest BCUT2D eigenvalue weighted by atomic mass is 10.1. The van der Waals surface area contributed by atoms with E-state index >= 15 is 0 Å². The van der Waals surface area contributed by atoms with E-state index in [0.717, 1.165) is 23.9 Å². The molecule has 0 aromatic carbocycles. The molecule has 1 heteroatoms. The maximum Gasteiger partial charge on any atom is 0.0102 e. The van der Waals surface area contributed by atoms with Gasteiger partial charge in [0.15, 0.2) is 0 Å². The van der Waals surface area contributed by atoms with Crippen LogP contribution in [-0.2, 0) is 0 Å². The Morgan fingerprint density at radius 3 is 2.58 bits per heavy atom. The molecule has 2 aliphatic rings. The summed E-state index contributed by atoms with van der Waals surface area (Å²) in [6.45, 7) is 4.71. The lowest BCUT2D eigenvalue weighted by Crippen LogP contribution is -2.33. The van der Waals surface area contributed by atoms with Crippen LogP contribution in [0.4, 0.5) is 0 Å². The second-order valence-corrected chi connectivity index (χ2v) is 4.69. The zero-order chi connectivity index (χ0) is 8.55. The Morgan fingerprint density at radius 2 is 2.08 bits per heavy atom. The minimum absolute atomic E-state index is 0.853. The molecular formula is C11H21N. The van der Waals surface area contributed by atoms with Gasteiger partial charge < -0.3 is 5.32 Å². The van der Waals surface area contributed by atoms with E-state index in [1.165, 1.54) is 32.1 Å². The van der Waals surface area contributed by atoms with E-state index in [9.17, 15) is 0 Å². The molecule has 0 aromatic heterocycles. The molecule has 2 fully saturated rings. The summed E-state index contributed by atoms with van der Waals surface area (Å²) in [5.41, 5.74) is 0. The van der Waals surface area contributed by atoms with E-state index in [4.69, 9.17) is 0 Å². The molecule has 4 atom stereocenters. The fourth-order valence-electron chi connectivity index (χ4n) is 2.57. The van der Waals surface area contributed by atoms with Crippen LogP contribution in [0.2, 0.25) is 0 Å². The number of rotatable bonds is 3. The maximum atomic E-state index is 3.80. The van der Waals surface area contributed by atoms with Crippen molar-refractivity contribution in [2.45, 2.75) is 58.0 Å². The summed E-state index contributed by atoms with van der Waals surface area (Å²) in [5, 5.41) is 3.80. The zero-order valence-corrected chi connectivity index (χ0v) is 8.34. The van der Waals surface area contributed by atoms with Crippen LogP contribution in [0.25, 0.3) is 0 Å². The van der Waals surface area contributed by atoms with Crippen LogP contribution in [0, 0.1) is 11.8 Å². The first-order valence-electron chi connectivity index (χ1n) is 5.57. The van der Waals surface area contributed by atoms with Crippen molar-refractivity contribution < 1.29 is 0 Å². The minimum Gasteiger partial charge on any atom is -0.311 e. The van der Waals surface area contributed by atoms with Gasteiger partial charge in [0.1, 0.15) is 0 Å². The average Bonchev–Trinajstić information content (AvgIpc) is 2.70. The summed E-state index contributed by atoms with van der Waals surface area (Å²) < 4.78 is 0. The molecule has 0 saturated heterocycles. The highest BCUT2D eigenvalue weighted by Gasteiger charge is 2.38. The van der Waals surface area contributed by atoms with Gasteiger partial charge in [-0.05, 0) is 31.1 Å². The topological polar surface area (TPSA) is 12.0 Å². The summed E-state index contributed by atoms with van der Waals surface area (Å²) in [6.07, 6.45) is 7.14. The van der Waals surface area contributed by atoms with Gasteiger partial charge in [0.05, 0.1) is 0 Å². The molecule has 0 heterocycles. The van der Waals surface area contributed by atoms with Crippen LogP contribution >= 0.6 is 0 Å². The maximum absolute atomic E-state index is 3.80. The second kappa shape index (κ2) is 3.37. The third kappa shape index (κ3) is 1.66. The summed E-state index contributed by atoms with van der Waals surface area (Å²) in [6, 6.07) is 1.74. The van der Waals surface area contributed by atoms with Gasteiger partial charge in [-0.15, -0.1) is 0 Å². The van der Waals surface area contributed by atoms with Crippen molar-refractivity contribution in [1.82, 2.24) is 5.32 Å². The molecule has 4 unspecified atom stereocenters. The molecule has 0 amide bonds. The summed E-state index contributed by atoms with van der Waals surface area (Å²) in [4.78, 5) is 0. The van der Waals surface area contributed by atoms with E-state index in [2.05, 4.69) is 19.2 Å². The predicted octanol–water partition coefficient (Wildman–Crippen LogP) is 2.56. The van der Waals surface area contributed by atoms with E-state index in [0.29, 0.717) is 0 Å². The van der Waals surface area contributed by atoms with E-state index < -0.39 is 0 Å². The normalized spacial score (nSPS) is 46.5. The summed E-state index contributed by atoms with van der Waals surface area (Å²) in [7, 11) is 0. The SMILES string of the molecule is CCC1CC1NC1CCCC1C. The Bertz CT molecular complexity index is 155. The van der Waals surface area contributed by atoms with Crippen molar-refractivity contribution in [2.75, 3.05) is 0 Å². The first-order valence-corrected chi connectivity index (χ1v) is 5.57. The molecule has 0 spiro atoms. The van der Waals surface area contributed by atoms with E-state index in [1.54, 1.807) is 0 Å². The largest absolute Gasteiger partial charge is 0.311 e. The number of hydrogen-bond donors (Lipinski definition) is 1. The van der Waals surface area contributed by atoms with Gasteiger partial charge in [-0.3, -0.25) is 0 Å².